The van der Waals surface area contributed by atoms with Crippen LogP contribution in [0.15, 0.2) is 15.7 Å². The second-order valence-corrected chi connectivity index (χ2v) is 3.48. The smallest absolute Gasteiger partial charge is 0.314 e. The van der Waals surface area contributed by atoms with Gasteiger partial charge in [-0.1, -0.05) is 11.6 Å². The number of hydrogen-bond donors (Lipinski definition) is 3. The van der Waals surface area contributed by atoms with Crippen LogP contribution in [0.3, 0.4) is 0 Å². The third-order valence-electron chi connectivity index (χ3n) is 2.10. The SMILES string of the molecule is N#Cc1c(Cl)c(N)cc2[nH]c(=O)c(=O)[nH]c12. The molecule has 0 aliphatic carbocycles. The van der Waals surface area contributed by atoms with Gasteiger partial charge in [-0.25, -0.2) is 0 Å². The second kappa shape index (κ2) is 3.40. The summed E-state index contributed by atoms with van der Waals surface area (Å²) in [7, 11) is 0. The van der Waals surface area contributed by atoms with Crippen LogP contribution in [-0.2, 0) is 0 Å². The molecule has 0 aliphatic rings. The molecule has 0 unspecified atom stereocenters. The van der Waals surface area contributed by atoms with Crippen LogP contribution in [0.2, 0.25) is 5.02 Å². The number of nitrogens with one attached hydrogen (secondary N) is 2. The van der Waals surface area contributed by atoms with Gasteiger partial charge in [-0.15, -0.1) is 0 Å². The van der Waals surface area contributed by atoms with E-state index in [0.29, 0.717) is 0 Å². The van der Waals surface area contributed by atoms with E-state index in [2.05, 4.69) is 9.97 Å². The van der Waals surface area contributed by atoms with Gasteiger partial charge < -0.3 is 15.7 Å². The molecule has 0 amide bonds. The van der Waals surface area contributed by atoms with E-state index in [1.807, 2.05) is 6.07 Å². The number of nitrogens with two attached hydrogens (primary N) is 1. The summed E-state index contributed by atoms with van der Waals surface area (Å²) in [4.78, 5) is 26.8. The largest absolute Gasteiger partial charge is 0.397 e. The van der Waals surface area contributed by atoms with Crippen LogP contribution in [-0.4, -0.2) is 9.97 Å². The van der Waals surface area contributed by atoms with Gasteiger partial charge in [0.2, 0.25) is 0 Å². The van der Waals surface area contributed by atoms with Gasteiger partial charge in [0.05, 0.1) is 27.3 Å². The Balaban J connectivity index is 3.11. The first-order valence-corrected chi connectivity index (χ1v) is 4.56. The lowest BCUT2D eigenvalue weighted by atomic mass is 10.1. The molecule has 6 nitrogen and oxygen atoms in total. The molecule has 4 N–H and O–H groups in total. The van der Waals surface area contributed by atoms with Crippen molar-refractivity contribution in [2.75, 3.05) is 5.73 Å². The Kier molecular flexibility index (Phi) is 2.18. The lowest BCUT2D eigenvalue weighted by molar-refractivity contribution is 1.14. The van der Waals surface area contributed by atoms with E-state index < -0.39 is 11.1 Å². The van der Waals surface area contributed by atoms with E-state index in [-0.39, 0.29) is 27.3 Å². The molecular formula is C9H5ClN4O2. The quantitative estimate of drug-likeness (QED) is 0.451. The van der Waals surface area contributed by atoms with Gasteiger partial charge in [-0.3, -0.25) is 9.59 Å². The summed E-state index contributed by atoms with van der Waals surface area (Å²) in [6, 6.07) is 3.21. The van der Waals surface area contributed by atoms with Crippen molar-refractivity contribution in [2.24, 2.45) is 0 Å². The van der Waals surface area contributed by atoms with Crippen LogP contribution in [0.1, 0.15) is 5.56 Å². The zero-order valence-corrected chi connectivity index (χ0v) is 8.55. The fourth-order valence-corrected chi connectivity index (χ4v) is 1.55. The number of fused-ring (bicyclic) bond motifs is 1. The molecule has 2 aromatic rings. The Morgan fingerprint density at radius 2 is 1.94 bits per heavy atom. The highest BCUT2D eigenvalue weighted by Crippen LogP contribution is 2.27. The predicted molar refractivity (Wildman–Crippen MR) is 59.3 cm³/mol. The summed E-state index contributed by atoms with van der Waals surface area (Å²) < 4.78 is 0. The summed E-state index contributed by atoms with van der Waals surface area (Å²) in [5.41, 5.74) is 4.54. The van der Waals surface area contributed by atoms with Crippen LogP contribution >= 0.6 is 11.6 Å². The molecule has 7 heteroatoms. The van der Waals surface area contributed by atoms with Crippen molar-refractivity contribution < 1.29 is 0 Å². The zero-order valence-electron chi connectivity index (χ0n) is 7.80. The minimum absolute atomic E-state index is 0.0324. The Morgan fingerprint density at radius 3 is 2.56 bits per heavy atom. The van der Waals surface area contributed by atoms with Crippen LogP contribution in [0.4, 0.5) is 5.69 Å². The molecule has 16 heavy (non-hydrogen) atoms. The van der Waals surface area contributed by atoms with Gasteiger partial charge in [0.1, 0.15) is 6.07 Å². The number of nitriles is 1. The maximum atomic E-state index is 11.1. The molecule has 0 fully saturated rings. The number of hydrogen-bond acceptors (Lipinski definition) is 4. The average Bonchev–Trinajstić information content (AvgIpc) is 2.24. The van der Waals surface area contributed by atoms with E-state index in [1.54, 1.807) is 0 Å². The molecule has 0 radical (unpaired) electrons. The maximum Gasteiger partial charge on any atom is 0.314 e. The number of aromatic amines is 2. The van der Waals surface area contributed by atoms with Crippen molar-refractivity contribution in [3.05, 3.63) is 37.4 Å². The van der Waals surface area contributed by atoms with Crippen LogP contribution in [0.25, 0.3) is 11.0 Å². The molecule has 2 rings (SSSR count). The molecule has 0 atom stereocenters. The molecular weight excluding hydrogens is 232 g/mol. The Labute approximate surface area is 93.3 Å². The molecule has 80 valence electrons. The molecule has 1 aromatic carbocycles. The molecule has 0 saturated heterocycles. The number of H-pyrrole nitrogens is 2. The first-order valence-electron chi connectivity index (χ1n) is 4.19. The van der Waals surface area contributed by atoms with E-state index in [4.69, 9.17) is 22.6 Å². The van der Waals surface area contributed by atoms with Gasteiger partial charge in [0.25, 0.3) is 0 Å². The summed E-state index contributed by atoms with van der Waals surface area (Å²) in [6.07, 6.45) is 0. The molecule has 0 bridgehead atoms. The molecule has 0 saturated carbocycles. The van der Waals surface area contributed by atoms with E-state index >= 15 is 0 Å². The number of halogens is 1. The highest BCUT2D eigenvalue weighted by Gasteiger charge is 2.11. The number of anilines is 1. The van der Waals surface area contributed by atoms with Crippen LogP contribution in [0, 0.1) is 11.3 Å². The molecule has 1 aromatic heterocycles. The van der Waals surface area contributed by atoms with Crippen molar-refractivity contribution in [1.82, 2.24) is 9.97 Å². The number of benzene rings is 1. The molecule has 1 heterocycles. The molecule has 0 spiro atoms. The monoisotopic (exact) mass is 236 g/mol. The maximum absolute atomic E-state index is 11.1. The topological polar surface area (TPSA) is 116 Å². The fraction of sp³-hybridized carbons (Fsp3) is 0. The third kappa shape index (κ3) is 1.34. The number of nitrogen functional groups attached to an aromatic ring is 1. The zero-order chi connectivity index (χ0) is 11.9. The van der Waals surface area contributed by atoms with Crippen molar-refractivity contribution >= 4 is 28.3 Å². The Hall–Kier alpha value is -2.26. The van der Waals surface area contributed by atoms with Crippen molar-refractivity contribution in [3.63, 3.8) is 0 Å². The Bertz CT molecular complexity index is 738. The summed E-state index contributed by atoms with van der Waals surface area (Å²) >= 11 is 5.80. The lowest BCUT2D eigenvalue weighted by Gasteiger charge is -2.04. The molecule has 0 aliphatic heterocycles. The van der Waals surface area contributed by atoms with E-state index in [1.165, 1.54) is 6.07 Å². The first-order chi connectivity index (χ1) is 7.54. The standard InChI is InChI=1S/C9H5ClN4O2/c10-6-3(2-11)7-5(1-4(6)12)13-8(15)9(16)14-7/h1H,12H2,(H,13,15)(H,14,16). The number of aromatic nitrogens is 2. The van der Waals surface area contributed by atoms with Gasteiger partial charge in [0.15, 0.2) is 0 Å². The van der Waals surface area contributed by atoms with Crippen LogP contribution in [0.5, 0.6) is 0 Å². The third-order valence-corrected chi connectivity index (χ3v) is 2.50. The first kappa shape index (κ1) is 10.3. The summed E-state index contributed by atoms with van der Waals surface area (Å²) in [5.74, 6) is 0. The Morgan fingerprint density at radius 1 is 1.31 bits per heavy atom. The minimum Gasteiger partial charge on any atom is -0.397 e. The van der Waals surface area contributed by atoms with E-state index in [0.717, 1.165) is 0 Å². The summed E-state index contributed by atoms with van der Waals surface area (Å²) in [5, 5.41) is 8.95. The number of rotatable bonds is 0. The summed E-state index contributed by atoms with van der Waals surface area (Å²) in [6.45, 7) is 0. The lowest BCUT2D eigenvalue weighted by Crippen LogP contribution is -2.29. The highest BCUT2D eigenvalue weighted by atomic mass is 35.5. The minimum atomic E-state index is -0.843. The second-order valence-electron chi connectivity index (χ2n) is 3.10. The van der Waals surface area contributed by atoms with Crippen LogP contribution < -0.4 is 16.9 Å². The number of nitrogens with zero attached hydrogens (tertiary/aromatic N) is 1. The van der Waals surface area contributed by atoms with Gasteiger partial charge in [-0.2, -0.15) is 5.26 Å². The van der Waals surface area contributed by atoms with Gasteiger partial charge >= 0.3 is 11.1 Å². The van der Waals surface area contributed by atoms with Crippen molar-refractivity contribution in [2.45, 2.75) is 0 Å². The van der Waals surface area contributed by atoms with E-state index in [9.17, 15) is 9.59 Å². The fourth-order valence-electron chi connectivity index (χ4n) is 1.36. The van der Waals surface area contributed by atoms with Gasteiger partial charge in [0, 0.05) is 0 Å². The normalized spacial score (nSPS) is 10.2. The van der Waals surface area contributed by atoms with Crippen molar-refractivity contribution in [3.8, 4) is 6.07 Å². The predicted octanol–water partition coefficient (Wildman–Crippen LogP) is 0.324. The van der Waals surface area contributed by atoms with Crippen molar-refractivity contribution in [1.29, 1.82) is 5.26 Å². The van der Waals surface area contributed by atoms with Gasteiger partial charge in [-0.05, 0) is 6.07 Å². The highest BCUT2D eigenvalue weighted by molar-refractivity contribution is 6.35. The average molecular weight is 237 g/mol.